The molecule has 1 saturated heterocycles. The number of halogens is 1. The lowest BCUT2D eigenvalue weighted by Gasteiger charge is -2.33. The van der Waals surface area contributed by atoms with Crippen molar-refractivity contribution in [2.75, 3.05) is 20.1 Å². The maximum Gasteiger partial charge on any atom is 0.243 e. The molecule has 0 amide bonds. The molecule has 0 atom stereocenters. The number of piperidine rings is 1. The molecular formula is C13H17BrN2O2S. The number of likely N-dealkylation sites (tertiary alicyclic amines) is 1. The van der Waals surface area contributed by atoms with Crippen molar-refractivity contribution in [2.45, 2.75) is 30.3 Å². The molecule has 6 heteroatoms. The van der Waals surface area contributed by atoms with Crippen molar-refractivity contribution in [2.24, 2.45) is 0 Å². The summed E-state index contributed by atoms with van der Waals surface area (Å²) >= 11 is 3.41. The number of nitrogens with zero attached hydrogens (tertiary/aromatic N) is 2. The van der Waals surface area contributed by atoms with Crippen LogP contribution in [0.15, 0.2) is 27.6 Å². The van der Waals surface area contributed by atoms with Gasteiger partial charge in [0, 0.05) is 17.1 Å². The Morgan fingerprint density at radius 2 is 1.95 bits per heavy atom. The molecule has 19 heavy (non-hydrogen) atoms. The minimum Gasteiger partial charge on any atom is -0.306 e. The minimum atomic E-state index is -3.29. The number of sulfonamides is 1. The molecule has 0 spiro atoms. The second-order valence-electron chi connectivity index (χ2n) is 5.34. The van der Waals surface area contributed by atoms with Gasteiger partial charge in [-0.3, -0.25) is 0 Å². The van der Waals surface area contributed by atoms with Crippen LogP contribution in [0.3, 0.4) is 0 Å². The van der Waals surface area contributed by atoms with Crippen LogP contribution < -0.4 is 0 Å². The molecule has 0 aromatic heterocycles. The molecular weight excluding hydrogens is 328 g/mol. The van der Waals surface area contributed by atoms with Gasteiger partial charge in [-0.1, -0.05) is 15.9 Å². The Bertz CT molecular complexity index is 595. The van der Waals surface area contributed by atoms with Gasteiger partial charge in [0.15, 0.2) is 0 Å². The topological polar surface area (TPSA) is 40.6 Å². The van der Waals surface area contributed by atoms with Gasteiger partial charge in [0.2, 0.25) is 10.0 Å². The molecule has 0 N–H and O–H groups in total. The van der Waals surface area contributed by atoms with E-state index in [2.05, 4.69) is 27.9 Å². The number of hydrogen-bond donors (Lipinski definition) is 0. The first-order valence-corrected chi connectivity index (χ1v) is 8.70. The van der Waals surface area contributed by atoms with E-state index in [9.17, 15) is 8.42 Å². The van der Waals surface area contributed by atoms with Crippen molar-refractivity contribution >= 4 is 26.0 Å². The number of hydrogen-bond acceptors (Lipinski definition) is 3. The van der Waals surface area contributed by atoms with Crippen molar-refractivity contribution in [1.82, 2.24) is 9.21 Å². The summed E-state index contributed by atoms with van der Waals surface area (Å²) in [4.78, 5) is 2.73. The van der Waals surface area contributed by atoms with E-state index in [0.29, 0.717) is 11.4 Å². The summed E-state index contributed by atoms with van der Waals surface area (Å²) in [5.41, 5.74) is 0.910. The highest BCUT2D eigenvalue weighted by Gasteiger charge is 2.39. The molecule has 3 rings (SSSR count). The van der Waals surface area contributed by atoms with Crippen LogP contribution in [0.1, 0.15) is 18.4 Å². The fraction of sp³-hybridized carbons (Fsp3) is 0.538. The molecule has 0 aliphatic carbocycles. The van der Waals surface area contributed by atoms with Crippen molar-refractivity contribution in [1.29, 1.82) is 0 Å². The molecule has 2 aliphatic heterocycles. The quantitative estimate of drug-likeness (QED) is 0.782. The molecule has 104 valence electrons. The van der Waals surface area contributed by atoms with Crippen LogP contribution in [0, 0.1) is 0 Å². The zero-order valence-corrected chi connectivity index (χ0v) is 13.2. The smallest absolute Gasteiger partial charge is 0.243 e. The van der Waals surface area contributed by atoms with Crippen LogP contribution in [0.25, 0.3) is 0 Å². The number of benzene rings is 1. The van der Waals surface area contributed by atoms with Crippen LogP contribution >= 0.6 is 15.9 Å². The first-order chi connectivity index (χ1) is 8.98. The lowest BCUT2D eigenvalue weighted by Crippen LogP contribution is -2.43. The third-order valence-corrected chi connectivity index (χ3v) is 6.52. The van der Waals surface area contributed by atoms with E-state index in [1.807, 2.05) is 6.07 Å². The molecule has 0 unspecified atom stereocenters. The Kier molecular flexibility index (Phi) is 3.45. The number of rotatable bonds is 1. The van der Waals surface area contributed by atoms with Gasteiger partial charge in [-0.05, 0) is 56.7 Å². The molecule has 1 aromatic carbocycles. The Balaban J connectivity index is 1.91. The van der Waals surface area contributed by atoms with Gasteiger partial charge in [0.1, 0.15) is 0 Å². The molecule has 4 nitrogen and oxygen atoms in total. The van der Waals surface area contributed by atoms with Crippen molar-refractivity contribution in [3.05, 3.63) is 28.2 Å². The molecule has 2 aliphatic rings. The van der Waals surface area contributed by atoms with Crippen molar-refractivity contribution < 1.29 is 8.42 Å². The standard InChI is InChI=1S/C13H17BrN2O2S/c1-15-6-4-12(5-7-15)16-9-10-8-11(14)2-3-13(10)19(16,17)18/h2-3,8,12H,4-7,9H2,1H3. The number of fused-ring (bicyclic) bond motifs is 1. The third kappa shape index (κ3) is 2.35. The Hall–Kier alpha value is -0.430. The summed E-state index contributed by atoms with van der Waals surface area (Å²) in [6.07, 6.45) is 1.84. The van der Waals surface area contributed by atoms with E-state index in [0.717, 1.165) is 36.0 Å². The van der Waals surface area contributed by atoms with Gasteiger partial charge in [0.05, 0.1) is 4.90 Å². The summed E-state index contributed by atoms with van der Waals surface area (Å²) in [5, 5.41) is 0. The SMILES string of the molecule is CN1CCC(N2Cc3cc(Br)ccc3S2(=O)=O)CC1. The van der Waals surface area contributed by atoms with E-state index in [1.54, 1.807) is 16.4 Å². The molecule has 0 saturated carbocycles. The summed E-state index contributed by atoms with van der Waals surface area (Å²) in [5.74, 6) is 0. The van der Waals surface area contributed by atoms with E-state index < -0.39 is 10.0 Å². The first-order valence-electron chi connectivity index (χ1n) is 6.47. The fourth-order valence-corrected chi connectivity index (χ4v) is 5.18. The van der Waals surface area contributed by atoms with Crippen molar-refractivity contribution in [3.63, 3.8) is 0 Å². The van der Waals surface area contributed by atoms with E-state index in [-0.39, 0.29) is 6.04 Å². The zero-order chi connectivity index (χ0) is 13.6. The minimum absolute atomic E-state index is 0.146. The highest BCUT2D eigenvalue weighted by molar-refractivity contribution is 9.10. The van der Waals surface area contributed by atoms with Gasteiger partial charge in [-0.2, -0.15) is 4.31 Å². The zero-order valence-electron chi connectivity index (χ0n) is 10.8. The molecule has 2 heterocycles. The van der Waals surface area contributed by atoms with Gasteiger partial charge in [-0.15, -0.1) is 0 Å². The molecule has 1 aromatic rings. The van der Waals surface area contributed by atoms with Crippen molar-refractivity contribution in [3.8, 4) is 0 Å². The van der Waals surface area contributed by atoms with Crippen LogP contribution in [-0.2, 0) is 16.6 Å². The highest BCUT2D eigenvalue weighted by Crippen LogP contribution is 2.35. The summed E-state index contributed by atoms with van der Waals surface area (Å²) in [6, 6.07) is 5.58. The first kappa shape index (κ1) is 13.5. The maximum absolute atomic E-state index is 12.6. The summed E-state index contributed by atoms with van der Waals surface area (Å²) < 4.78 is 27.8. The lowest BCUT2D eigenvalue weighted by atomic mass is 10.1. The highest BCUT2D eigenvalue weighted by atomic mass is 79.9. The lowest BCUT2D eigenvalue weighted by molar-refractivity contribution is 0.183. The largest absolute Gasteiger partial charge is 0.306 e. The van der Waals surface area contributed by atoms with Gasteiger partial charge < -0.3 is 4.90 Å². The Morgan fingerprint density at radius 1 is 1.26 bits per heavy atom. The van der Waals surface area contributed by atoms with E-state index >= 15 is 0 Å². The predicted molar refractivity (Wildman–Crippen MR) is 77.4 cm³/mol. The van der Waals surface area contributed by atoms with Crippen LogP contribution in [-0.4, -0.2) is 43.8 Å². The maximum atomic E-state index is 12.6. The van der Waals surface area contributed by atoms with Crippen LogP contribution in [0.2, 0.25) is 0 Å². The molecule has 1 fully saturated rings. The van der Waals surface area contributed by atoms with Gasteiger partial charge >= 0.3 is 0 Å². The average molecular weight is 345 g/mol. The molecule has 0 radical (unpaired) electrons. The second kappa shape index (κ2) is 4.84. The normalized spacial score (nSPS) is 24.5. The van der Waals surface area contributed by atoms with Crippen LogP contribution in [0.5, 0.6) is 0 Å². The summed E-state index contributed by atoms with van der Waals surface area (Å²) in [7, 11) is -1.20. The monoisotopic (exact) mass is 344 g/mol. The third-order valence-electron chi connectivity index (χ3n) is 4.03. The molecule has 0 bridgehead atoms. The Morgan fingerprint density at radius 3 is 2.63 bits per heavy atom. The Labute approximate surface area is 122 Å². The summed E-state index contributed by atoms with van der Waals surface area (Å²) in [6.45, 7) is 2.46. The van der Waals surface area contributed by atoms with Gasteiger partial charge in [-0.25, -0.2) is 8.42 Å². The van der Waals surface area contributed by atoms with E-state index in [4.69, 9.17) is 0 Å². The van der Waals surface area contributed by atoms with E-state index in [1.165, 1.54) is 0 Å². The van der Waals surface area contributed by atoms with Crippen LogP contribution in [0.4, 0.5) is 0 Å². The second-order valence-corrected chi connectivity index (χ2v) is 8.11. The van der Waals surface area contributed by atoms with Gasteiger partial charge in [0.25, 0.3) is 0 Å². The fourth-order valence-electron chi connectivity index (χ4n) is 2.91. The average Bonchev–Trinajstić information content (AvgIpc) is 2.62. The predicted octanol–water partition coefficient (Wildman–Crippen LogP) is 2.05.